The Morgan fingerprint density at radius 1 is 1.03 bits per heavy atom. The van der Waals surface area contributed by atoms with Gasteiger partial charge in [0.1, 0.15) is 5.82 Å². The number of pyridine rings is 1. The van der Waals surface area contributed by atoms with E-state index in [-0.39, 0.29) is 5.91 Å². The number of nitrogens with zero attached hydrogens (tertiary/aromatic N) is 5. The number of amides is 1. The van der Waals surface area contributed by atoms with Crippen LogP contribution in [0, 0.1) is 0 Å². The van der Waals surface area contributed by atoms with Gasteiger partial charge < -0.3 is 20.3 Å². The maximum atomic E-state index is 13.2. The Hall–Kier alpha value is -3.43. The zero-order valence-electron chi connectivity index (χ0n) is 18.4. The van der Waals surface area contributed by atoms with Crippen LogP contribution in [-0.4, -0.2) is 52.6 Å². The molecule has 10 heteroatoms. The lowest BCUT2D eigenvalue weighted by Gasteiger charge is -2.37. The van der Waals surface area contributed by atoms with Crippen molar-refractivity contribution in [3.05, 3.63) is 53.8 Å². The molecule has 0 unspecified atom stereocenters. The van der Waals surface area contributed by atoms with E-state index in [2.05, 4.69) is 30.5 Å². The van der Waals surface area contributed by atoms with Crippen molar-refractivity contribution in [2.24, 2.45) is 0 Å². The number of benzene rings is 1. The molecule has 2 aliphatic heterocycles. The van der Waals surface area contributed by atoms with E-state index in [1.807, 2.05) is 18.3 Å². The van der Waals surface area contributed by atoms with Crippen LogP contribution >= 0.6 is 11.6 Å². The lowest BCUT2D eigenvalue weighted by atomic mass is 10.0. The molecule has 1 amide bonds. The van der Waals surface area contributed by atoms with Crippen molar-refractivity contribution < 1.29 is 9.53 Å². The Morgan fingerprint density at radius 3 is 2.45 bits per heavy atom. The molecule has 9 nitrogen and oxygen atoms in total. The molecule has 4 heterocycles. The number of carbonyl (C=O) groups is 1. The molecule has 0 atom stereocenters. The fourth-order valence-electron chi connectivity index (χ4n) is 3.85. The van der Waals surface area contributed by atoms with Crippen molar-refractivity contribution in [3.63, 3.8) is 0 Å². The van der Waals surface area contributed by atoms with Crippen LogP contribution in [0.4, 0.5) is 29.0 Å². The summed E-state index contributed by atoms with van der Waals surface area (Å²) in [6.07, 6.45) is 3.40. The molecule has 170 valence electrons. The first-order valence-electron chi connectivity index (χ1n) is 10.8. The quantitative estimate of drug-likeness (QED) is 0.604. The van der Waals surface area contributed by atoms with Gasteiger partial charge in [0, 0.05) is 31.2 Å². The van der Waals surface area contributed by atoms with E-state index in [1.54, 1.807) is 44.3 Å². The molecule has 33 heavy (non-hydrogen) atoms. The van der Waals surface area contributed by atoms with Crippen molar-refractivity contribution in [1.82, 2.24) is 20.3 Å². The first kappa shape index (κ1) is 21.4. The second kappa shape index (κ2) is 8.49. The summed E-state index contributed by atoms with van der Waals surface area (Å²) in [6, 6.07) is 10.9. The highest BCUT2D eigenvalue weighted by Crippen LogP contribution is 2.41. The molecular formula is C23H24ClN7O2. The van der Waals surface area contributed by atoms with Crippen molar-refractivity contribution in [2.75, 3.05) is 41.3 Å². The zero-order chi connectivity index (χ0) is 23.0. The van der Waals surface area contributed by atoms with Crippen LogP contribution in [0.15, 0.2) is 48.8 Å². The number of carbonyl (C=O) groups excluding carboxylic acids is 1. The summed E-state index contributed by atoms with van der Waals surface area (Å²) in [5.74, 6) is 1.46. The average molecular weight is 466 g/mol. The highest BCUT2D eigenvalue weighted by atomic mass is 35.5. The number of anilines is 5. The van der Waals surface area contributed by atoms with Gasteiger partial charge in [-0.05, 0) is 50.2 Å². The molecule has 5 rings (SSSR count). The minimum atomic E-state index is -1.06. The summed E-state index contributed by atoms with van der Waals surface area (Å²) in [5.41, 5.74) is 0.653. The maximum absolute atomic E-state index is 13.2. The molecule has 3 aromatic rings. The first-order valence-corrected chi connectivity index (χ1v) is 11.1. The van der Waals surface area contributed by atoms with E-state index in [0.29, 0.717) is 34.0 Å². The summed E-state index contributed by atoms with van der Waals surface area (Å²) in [7, 11) is 0. The fourth-order valence-corrected chi connectivity index (χ4v) is 3.98. The topological polar surface area (TPSA) is 95.5 Å². The van der Waals surface area contributed by atoms with Crippen molar-refractivity contribution in [3.8, 4) is 5.75 Å². The normalized spacial score (nSPS) is 17.4. The fraction of sp³-hybridized carbons (Fsp3) is 0.304. The lowest BCUT2D eigenvalue weighted by Crippen LogP contribution is -2.51. The molecule has 0 spiro atoms. The SMILES string of the molecule is CC1(C)Oc2cnc(Nc3ccc(N4CCNCC4)cn3)nc2N(c2ccc(Cl)cc2)C1=O. The van der Waals surface area contributed by atoms with Gasteiger partial charge in [0.25, 0.3) is 5.91 Å². The molecule has 1 saturated heterocycles. The summed E-state index contributed by atoms with van der Waals surface area (Å²) >= 11 is 6.04. The van der Waals surface area contributed by atoms with Crippen LogP contribution in [0.1, 0.15) is 13.8 Å². The van der Waals surface area contributed by atoms with Gasteiger partial charge in [0.2, 0.25) is 5.95 Å². The number of hydrogen-bond acceptors (Lipinski definition) is 8. The van der Waals surface area contributed by atoms with Crippen molar-refractivity contribution in [2.45, 2.75) is 19.4 Å². The molecular weight excluding hydrogens is 442 g/mol. The van der Waals surface area contributed by atoms with E-state index >= 15 is 0 Å². The van der Waals surface area contributed by atoms with Crippen LogP contribution in [0.2, 0.25) is 5.02 Å². The number of rotatable bonds is 4. The summed E-state index contributed by atoms with van der Waals surface area (Å²) in [5, 5.41) is 7.05. The molecule has 2 aliphatic rings. The van der Waals surface area contributed by atoms with E-state index in [1.165, 1.54) is 4.90 Å². The molecule has 1 aromatic carbocycles. The monoisotopic (exact) mass is 465 g/mol. The molecule has 2 N–H and O–H groups in total. The number of aromatic nitrogens is 3. The molecule has 0 bridgehead atoms. The number of fused-ring (bicyclic) bond motifs is 1. The van der Waals surface area contributed by atoms with E-state index in [4.69, 9.17) is 16.3 Å². The highest BCUT2D eigenvalue weighted by molar-refractivity contribution is 6.30. The maximum Gasteiger partial charge on any atom is 0.276 e. The zero-order valence-corrected chi connectivity index (χ0v) is 19.1. The Bertz CT molecular complexity index is 1160. The highest BCUT2D eigenvalue weighted by Gasteiger charge is 2.43. The lowest BCUT2D eigenvalue weighted by molar-refractivity contribution is -0.131. The van der Waals surface area contributed by atoms with Crippen LogP contribution in [-0.2, 0) is 4.79 Å². The summed E-state index contributed by atoms with van der Waals surface area (Å²) in [6.45, 7) is 7.27. The van der Waals surface area contributed by atoms with E-state index < -0.39 is 5.60 Å². The minimum Gasteiger partial charge on any atom is -0.472 e. The Balaban J connectivity index is 1.43. The number of hydrogen-bond donors (Lipinski definition) is 2. The molecule has 0 saturated carbocycles. The Morgan fingerprint density at radius 2 is 1.76 bits per heavy atom. The summed E-state index contributed by atoms with van der Waals surface area (Å²) < 4.78 is 5.90. The predicted molar refractivity (Wildman–Crippen MR) is 128 cm³/mol. The second-order valence-electron chi connectivity index (χ2n) is 8.37. The van der Waals surface area contributed by atoms with Gasteiger partial charge in [-0.3, -0.25) is 9.69 Å². The third kappa shape index (κ3) is 4.29. The van der Waals surface area contributed by atoms with Crippen molar-refractivity contribution in [1.29, 1.82) is 0 Å². The summed E-state index contributed by atoms with van der Waals surface area (Å²) in [4.78, 5) is 30.5. The Labute approximate surface area is 196 Å². The van der Waals surface area contributed by atoms with Gasteiger partial charge in [-0.25, -0.2) is 9.97 Å². The third-order valence-electron chi connectivity index (χ3n) is 5.59. The van der Waals surface area contributed by atoms with Crippen LogP contribution in [0.25, 0.3) is 0 Å². The largest absolute Gasteiger partial charge is 0.472 e. The molecule has 1 fully saturated rings. The van der Waals surface area contributed by atoms with Gasteiger partial charge in [0.05, 0.1) is 23.8 Å². The van der Waals surface area contributed by atoms with Gasteiger partial charge >= 0.3 is 0 Å². The van der Waals surface area contributed by atoms with E-state index in [0.717, 1.165) is 31.9 Å². The second-order valence-corrected chi connectivity index (χ2v) is 8.81. The van der Waals surface area contributed by atoms with Crippen LogP contribution in [0.3, 0.4) is 0 Å². The minimum absolute atomic E-state index is 0.236. The number of piperazine rings is 1. The van der Waals surface area contributed by atoms with E-state index in [9.17, 15) is 4.79 Å². The Kier molecular flexibility index (Phi) is 5.51. The standard InChI is InChI=1S/C23H24ClN7O2/c1-23(2)21(32)31(16-5-3-15(24)4-6-16)20-18(33-23)14-27-22(29-20)28-19-8-7-17(13-26-19)30-11-9-25-10-12-30/h3-8,13-14,25H,9-12H2,1-2H3,(H,26,27,28,29). The predicted octanol–water partition coefficient (Wildman–Crippen LogP) is 3.51. The van der Waals surface area contributed by atoms with Crippen LogP contribution in [0.5, 0.6) is 5.75 Å². The molecule has 0 aliphatic carbocycles. The molecule has 2 aromatic heterocycles. The van der Waals surface area contributed by atoms with Gasteiger partial charge in [-0.15, -0.1) is 0 Å². The average Bonchev–Trinajstić information content (AvgIpc) is 2.82. The number of nitrogens with one attached hydrogen (secondary N) is 2. The molecule has 0 radical (unpaired) electrons. The number of ether oxygens (including phenoxy) is 1. The van der Waals surface area contributed by atoms with Crippen molar-refractivity contribution >= 4 is 46.5 Å². The van der Waals surface area contributed by atoms with Gasteiger partial charge in [-0.2, -0.15) is 4.98 Å². The third-order valence-corrected chi connectivity index (χ3v) is 5.84. The first-order chi connectivity index (χ1) is 15.9. The van der Waals surface area contributed by atoms with Crippen LogP contribution < -0.4 is 25.2 Å². The van der Waals surface area contributed by atoms with Gasteiger partial charge in [0.15, 0.2) is 17.2 Å². The van der Waals surface area contributed by atoms with Gasteiger partial charge in [-0.1, -0.05) is 11.6 Å². The smallest absolute Gasteiger partial charge is 0.276 e. The number of halogens is 1.